The zero-order valence-electron chi connectivity index (χ0n) is 7.81. The van der Waals surface area contributed by atoms with Gasteiger partial charge >= 0.3 is 0 Å². The zero-order valence-corrected chi connectivity index (χ0v) is 9.39. The first kappa shape index (κ1) is 11.2. The predicted molar refractivity (Wildman–Crippen MR) is 54.1 cm³/mol. The zero-order chi connectivity index (χ0) is 10.9. The predicted octanol–water partition coefficient (Wildman–Crippen LogP) is 2.69. The Labute approximate surface area is 90.1 Å². The van der Waals surface area contributed by atoms with Crippen LogP contribution in [0.25, 0.3) is 0 Å². The summed E-state index contributed by atoms with van der Waals surface area (Å²) in [6.07, 6.45) is 0. The number of nitriles is 1. The Balaban J connectivity index is 3.50. The van der Waals surface area contributed by atoms with E-state index in [-0.39, 0.29) is 11.1 Å². The number of aliphatic hydroxyl groups is 1. The second-order valence-electron chi connectivity index (χ2n) is 3.45. The Hall–Kier alpha value is -0.920. The molecule has 1 N–H and O–H groups in total. The molecule has 0 atom stereocenters. The first-order valence-electron chi connectivity index (χ1n) is 3.99. The number of hydrogen-bond acceptors (Lipinski definition) is 2. The fourth-order valence-electron chi connectivity index (χ4n) is 1.20. The third-order valence-corrected chi connectivity index (χ3v) is 2.48. The van der Waals surface area contributed by atoms with Gasteiger partial charge in [0.15, 0.2) is 0 Å². The van der Waals surface area contributed by atoms with E-state index in [4.69, 9.17) is 5.26 Å². The summed E-state index contributed by atoms with van der Waals surface area (Å²) in [5, 5.41) is 18.3. The summed E-state index contributed by atoms with van der Waals surface area (Å²) in [5.41, 5.74) is -1.27. The van der Waals surface area contributed by atoms with Crippen molar-refractivity contribution in [1.82, 2.24) is 0 Å². The molecule has 0 aliphatic heterocycles. The van der Waals surface area contributed by atoms with E-state index in [1.165, 1.54) is 19.9 Å². The van der Waals surface area contributed by atoms with Crippen LogP contribution in [0.5, 0.6) is 0 Å². The van der Waals surface area contributed by atoms with E-state index in [1.807, 2.05) is 0 Å². The summed E-state index contributed by atoms with van der Waals surface area (Å²) in [6.45, 7) is 2.94. The van der Waals surface area contributed by atoms with E-state index < -0.39 is 11.4 Å². The first-order valence-corrected chi connectivity index (χ1v) is 4.78. The van der Waals surface area contributed by atoms with Gasteiger partial charge in [0.2, 0.25) is 0 Å². The van der Waals surface area contributed by atoms with Crippen molar-refractivity contribution in [3.05, 3.63) is 33.5 Å². The maximum Gasteiger partial charge on any atom is 0.148 e. The average Bonchev–Trinajstić information content (AvgIpc) is 2.02. The van der Waals surface area contributed by atoms with Gasteiger partial charge < -0.3 is 5.11 Å². The van der Waals surface area contributed by atoms with Gasteiger partial charge in [-0.05, 0) is 26.0 Å². The van der Waals surface area contributed by atoms with Crippen LogP contribution in [0.3, 0.4) is 0 Å². The molecule has 74 valence electrons. The molecule has 0 saturated heterocycles. The number of hydrogen-bond donors (Lipinski definition) is 1. The molecule has 0 unspecified atom stereocenters. The van der Waals surface area contributed by atoms with E-state index >= 15 is 0 Å². The van der Waals surface area contributed by atoms with E-state index in [1.54, 1.807) is 12.1 Å². The average molecular weight is 258 g/mol. The summed E-state index contributed by atoms with van der Waals surface area (Å²) in [6, 6.07) is 4.65. The lowest BCUT2D eigenvalue weighted by Gasteiger charge is -2.20. The summed E-state index contributed by atoms with van der Waals surface area (Å²) in [7, 11) is 0. The van der Waals surface area contributed by atoms with Gasteiger partial charge in [0, 0.05) is 10.0 Å². The molecule has 1 rings (SSSR count). The van der Waals surface area contributed by atoms with Crippen molar-refractivity contribution < 1.29 is 9.50 Å². The molecule has 0 aliphatic carbocycles. The van der Waals surface area contributed by atoms with Crippen molar-refractivity contribution in [2.45, 2.75) is 19.4 Å². The van der Waals surface area contributed by atoms with Gasteiger partial charge in [0.25, 0.3) is 0 Å². The van der Waals surface area contributed by atoms with Crippen LogP contribution in [-0.2, 0) is 5.60 Å². The van der Waals surface area contributed by atoms with Crippen molar-refractivity contribution in [1.29, 1.82) is 5.26 Å². The number of rotatable bonds is 1. The van der Waals surface area contributed by atoms with Gasteiger partial charge in [-0.15, -0.1) is 0 Å². The minimum atomic E-state index is -1.31. The van der Waals surface area contributed by atoms with Crippen LogP contribution in [0.1, 0.15) is 25.0 Å². The van der Waals surface area contributed by atoms with E-state index in [9.17, 15) is 9.50 Å². The van der Waals surface area contributed by atoms with Crippen molar-refractivity contribution in [3.8, 4) is 6.07 Å². The standard InChI is InChI=1S/C10H9BrFNO/c1-10(2,14)8-7(11)4-3-6(5-13)9(8)12/h3-4,14H,1-2H3. The Bertz CT molecular complexity index is 404. The van der Waals surface area contributed by atoms with Gasteiger partial charge in [0.05, 0.1) is 11.2 Å². The lowest BCUT2D eigenvalue weighted by Crippen LogP contribution is -2.19. The molecule has 1 aromatic rings. The normalized spacial score (nSPS) is 11.1. The van der Waals surface area contributed by atoms with E-state index in [0.29, 0.717) is 4.47 Å². The molecule has 0 aromatic heterocycles. The highest BCUT2D eigenvalue weighted by molar-refractivity contribution is 9.10. The molecule has 0 fully saturated rings. The quantitative estimate of drug-likeness (QED) is 0.841. The smallest absolute Gasteiger partial charge is 0.148 e. The van der Waals surface area contributed by atoms with Crippen LogP contribution in [0.2, 0.25) is 0 Å². The summed E-state index contributed by atoms with van der Waals surface area (Å²) in [5.74, 6) is -0.672. The molecule has 14 heavy (non-hydrogen) atoms. The van der Waals surface area contributed by atoms with Crippen LogP contribution < -0.4 is 0 Å². The second-order valence-corrected chi connectivity index (χ2v) is 4.31. The van der Waals surface area contributed by atoms with Crippen LogP contribution in [0.15, 0.2) is 16.6 Å². The highest BCUT2D eigenvalue weighted by atomic mass is 79.9. The lowest BCUT2D eigenvalue weighted by molar-refractivity contribution is 0.0737. The van der Waals surface area contributed by atoms with Crippen molar-refractivity contribution >= 4 is 15.9 Å². The number of halogens is 2. The monoisotopic (exact) mass is 257 g/mol. The molecule has 0 spiro atoms. The molecule has 1 aromatic carbocycles. The molecule has 0 radical (unpaired) electrons. The van der Waals surface area contributed by atoms with E-state index in [0.717, 1.165) is 0 Å². The Morgan fingerprint density at radius 1 is 1.50 bits per heavy atom. The maximum absolute atomic E-state index is 13.6. The summed E-state index contributed by atoms with van der Waals surface area (Å²) in [4.78, 5) is 0. The van der Waals surface area contributed by atoms with Crippen LogP contribution in [0.4, 0.5) is 4.39 Å². The molecule has 0 bridgehead atoms. The molecule has 4 heteroatoms. The lowest BCUT2D eigenvalue weighted by atomic mass is 9.96. The SMILES string of the molecule is CC(C)(O)c1c(Br)ccc(C#N)c1F. The topological polar surface area (TPSA) is 44.0 Å². The minimum Gasteiger partial charge on any atom is -0.386 e. The highest BCUT2D eigenvalue weighted by Crippen LogP contribution is 2.31. The van der Waals surface area contributed by atoms with Crippen LogP contribution >= 0.6 is 15.9 Å². The van der Waals surface area contributed by atoms with Crippen LogP contribution in [0, 0.1) is 17.1 Å². The Morgan fingerprint density at radius 2 is 2.07 bits per heavy atom. The van der Waals surface area contributed by atoms with Crippen LogP contribution in [-0.4, -0.2) is 5.11 Å². The number of benzene rings is 1. The fraction of sp³-hybridized carbons (Fsp3) is 0.300. The molecule has 0 aliphatic rings. The second kappa shape index (κ2) is 3.68. The third-order valence-electron chi connectivity index (χ3n) is 1.82. The fourth-order valence-corrected chi connectivity index (χ4v) is 1.99. The minimum absolute atomic E-state index is 0.0645. The van der Waals surface area contributed by atoms with Gasteiger partial charge in [-0.3, -0.25) is 0 Å². The third kappa shape index (κ3) is 1.94. The van der Waals surface area contributed by atoms with Gasteiger partial charge in [-0.1, -0.05) is 15.9 Å². The summed E-state index contributed by atoms with van der Waals surface area (Å²) >= 11 is 3.14. The van der Waals surface area contributed by atoms with Crippen molar-refractivity contribution in [2.75, 3.05) is 0 Å². The maximum atomic E-state index is 13.6. The molecule has 2 nitrogen and oxygen atoms in total. The molecular weight excluding hydrogens is 249 g/mol. The van der Waals surface area contributed by atoms with Crippen molar-refractivity contribution in [3.63, 3.8) is 0 Å². The van der Waals surface area contributed by atoms with Gasteiger partial charge in [-0.25, -0.2) is 4.39 Å². The van der Waals surface area contributed by atoms with Crippen molar-refractivity contribution in [2.24, 2.45) is 0 Å². The Kier molecular flexibility index (Phi) is 2.93. The summed E-state index contributed by atoms with van der Waals surface area (Å²) < 4.78 is 14.1. The highest BCUT2D eigenvalue weighted by Gasteiger charge is 2.25. The van der Waals surface area contributed by atoms with E-state index in [2.05, 4.69) is 15.9 Å². The Morgan fingerprint density at radius 3 is 2.50 bits per heavy atom. The van der Waals surface area contributed by atoms with Gasteiger partial charge in [0.1, 0.15) is 11.9 Å². The molecular formula is C10H9BrFNO. The van der Waals surface area contributed by atoms with Gasteiger partial charge in [-0.2, -0.15) is 5.26 Å². The molecule has 0 saturated carbocycles. The molecule has 0 heterocycles. The largest absolute Gasteiger partial charge is 0.386 e. The number of nitrogens with zero attached hydrogens (tertiary/aromatic N) is 1. The molecule has 0 amide bonds. The first-order chi connectivity index (χ1) is 6.38.